The first-order valence-corrected chi connectivity index (χ1v) is 12.3. The zero-order chi connectivity index (χ0) is 22.9. The van der Waals surface area contributed by atoms with Gasteiger partial charge in [0, 0.05) is 44.6 Å². The van der Waals surface area contributed by atoms with Gasteiger partial charge in [-0.2, -0.15) is 0 Å². The summed E-state index contributed by atoms with van der Waals surface area (Å²) in [6.45, 7) is 1.70. The van der Waals surface area contributed by atoms with E-state index in [1.807, 2.05) is 11.1 Å². The number of aliphatic imine (C=N–C) groups is 1. The Hall–Kier alpha value is -2.38. The second-order valence-corrected chi connectivity index (χ2v) is 9.93. The number of piperidine rings is 1. The number of benzene rings is 3. The van der Waals surface area contributed by atoms with Crippen LogP contribution in [0, 0.1) is 5.82 Å². The number of nitrogens with zero attached hydrogens (tertiary/aromatic N) is 2. The lowest BCUT2D eigenvalue weighted by atomic mass is 10.0. The molecule has 33 heavy (non-hydrogen) atoms. The third kappa shape index (κ3) is 4.80. The Balaban J connectivity index is 1.58. The van der Waals surface area contributed by atoms with Gasteiger partial charge in [0.05, 0.1) is 16.4 Å². The summed E-state index contributed by atoms with van der Waals surface area (Å²) in [6.07, 6.45) is 3.34. The van der Waals surface area contributed by atoms with Gasteiger partial charge < -0.3 is 0 Å². The number of nitrogens with one attached hydrogen (secondary N) is 1. The second kappa shape index (κ2) is 9.47. The first kappa shape index (κ1) is 22.4. The van der Waals surface area contributed by atoms with Gasteiger partial charge in [-0.1, -0.05) is 41.4 Å². The van der Waals surface area contributed by atoms with Gasteiger partial charge in [0.2, 0.25) is 0 Å². The lowest BCUT2D eigenvalue weighted by Gasteiger charge is -2.26. The molecule has 1 fully saturated rings. The summed E-state index contributed by atoms with van der Waals surface area (Å²) in [5.74, 6) is -0.498. The van der Waals surface area contributed by atoms with Crippen molar-refractivity contribution < 1.29 is 9.18 Å². The Kier molecular flexibility index (Phi) is 6.43. The van der Waals surface area contributed by atoms with Crippen LogP contribution in [0.1, 0.15) is 40.7 Å². The lowest BCUT2D eigenvalue weighted by Crippen LogP contribution is -2.45. The van der Waals surface area contributed by atoms with E-state index in [1.54, 1.807) is 36.4 Å². The van der Waals surface area contributed by atoms with Crippen LogP contribution in [0.5, 0.6) is 0 Å². The van der Waals surface area contributed by atoms with E-state index in [0.717, 1.165) is 41.3 Å². The molecule has 8 heteroatoms. The SMILES string of the molecule is O=C(NN1CCCCC1)c1ccc2c(c1)N=C(c1ccc(Cl)cc1Cl)c1ccc(F)cc1S2. The van der Waals surface area contributed by atoms with E-state index < -0.39 is 0 Å². The number of hydrogen-bond acceptors (Lipinski definition) is 4. The van der Waals surface area contributed by atoms with Crippen LogP contribution in [0.25, 0.3) is 0 Å². The fourth-order valence-electron chi connectivity index (χ4n) is 4.01. The van der Waals surface area contributed by atoms with Gasteiger partial charge in [-0.05, 0) is 67.4 Å². The van der Waals surface area contributed by atoms with Crippen molar-refractivity contribution in [1.82, 2.24) is 10.4 Å². The minimum Gasteiger partial charge on any atom is -0.285 e. The van der Waals surface area contributed by atoms with Crippen LogP contribution >= 0.6 is 35.0 Å². The molecule has 0 saturated carbocycles. The van der Waals surface area contributed by atoms with Crippen molar-refractivity contribution in [2.24, 2.45) is 4.99 Å². The predicted octanol–water partition coefficient (Wildman–Crippen LogP) is 6.90. The van der Waals surface area contributed by atoms with Gasteiger partial charge in [-0.3, -0.25) is 10.2 Å². The fraction of sp³-hybridized carbons (Fsp3) is 0.200. The molecule has 2 aliphatic heterocycles. The molecule has 1 amide bonds. The minimum atomic E-state index is -0.330. The van der Waals surface area contributed by atoms with Gasteiger partial charge in [0.15, 0.2) is 0 Å². The smallest absolute Gasteiger partial charge is 0.265 e. The van der Waals surface area contributed by atoms with Crippen molar-refractivity contribution in [3.8, 4) is 0 Å². The first-order chi connectivity index (χ1) is 16.0. The van der Waals surface area contributed by atoms with Gasteiger partial charge in [0.1, 0.15) is 5.82 Å². The average Bonchev–Trinajstić information content (AvgIpc) is 2.95. The van der Waals surface area contributed by atoms with E-state index in [1.165, 1.54) is 30.3 Å². The van der Waals surface area contributed by atoms with Crippen LogP contribution in [0.4, 0.5) is 10.1 Å². The molecule has 3 aromatic rings. The van der Waals surface area contributed by atoms with Gasteiger partial charge in [-0.15, -0.1) is 0 Å². The molecule has 0 radical (unpaired) electrons. The molecule has 0 aliphatic carbocycles. The Labute approximate surface area is 205 Å². The minimum absolute atomic E-state index is 0.168. The Bertz CT molecular complexity index is 1270. The first-order valence-electron chi connectivity index (χ1n) is 10.7. The van der Waals surface area contributed by atoms with Gasteiger partial charge in [0.25, 0.3) is 5.91 Å². The Morgan fingerprint density at radius 2 is 1.73 bits per heavy atom. The average molecular weight is 500 g/mol. The monoisotopic (exact) mass is 499 g/mol. The number of halogens is 3. The number of amides is 1. The normalized spacial score (nSPS) is 15.8. The quantitative estimate of drug-likeness (QED) is 0.333. The Morgan fingerprint density at radius 1 is 0.939 bits per heavy atom. The third-order valence-corrected chi connectivity index (χ3v) is 7.34. The molecule has 1 N–H and O–H groups in total. The molecule has 2 aliphatic rings. The lowest BCUT2D eigenvalue weighted by molar-refractivity contribution is 0.0750. The third-order valence-electron chi connectivity index (χ3n) is 5.67. The molecular weight excluding hydrogens is 480 g/mol. The van der Waals surface area contributed by atoms with E-state index in [2.05, 4.69) is 5.43 Å². The highest BCUT2D eigenvalue weighted by Gasteiger charge is 2.23. The molecule has 5 rings (SSSR count). The predicted molar refractivity (Wildman–Crippen MR) is 132 cm³/mol. The zero-order valence-corrected chi connectivity index (χ0v) is 19.9. The summed E-state index contributed by atoms with van der Waals surface area (Å²) >= 11 is 14.0. The van der Waals surface area contributed by atoms with E-state index in [0.29, 0.717) is 32.6 Å². The molecule has 4 nitrogen and oxygen atoms in total. The molecule has 0 atom stereocenters. The molecule has 0 bridgehead atoms. The van der Waals surface area contributed by atoms with Crippen molar-refractivity contribution >= 4 is 52.3 Å². The topological polar surface area (TPSA) is 44.7 Å². The van der Waals surface area contributed by atoms with E-state index in [4.69, 9.17) is 28.2 Å². The molecule has 0 aromatic heterocycles. The number of hydrogen-bond donors (Lipinski definition) is 1. The highest BCUT2D eigenvalue weighted by atomic mass is 35.5. The van der Waals surface area contributed by atoms with E-state index in [-0.39, 0.29) is 11.7 Å². The number of carbonyl (C=O) groups is 1. The van der Waals surface area contributed by atoms with Crippen LogP contribution in [0.2, 0.25) is 10.0 Å². The van der Waals surface area contributed by atoms with Crippen LogP contribution in [-0.4, -0.2) is 29.7 Å². The van der Waals surface area contributed by atoms with E-state index >= 15 is 0 Å². The van der Waals surface area contributed by atoms with E-state index in [9.17, 15) is 9.18 Å². The Morgan fingerprint density at radius 3 is 2.52 bits per heavy atom. The zero-order valence-electron chi connectivity index (χ0n) is 17.6. The highest BCUT2D eigenvalue weighted by Crippen LogP contribution is 2.42. The van der Waals surface area contributed by atoms with Crippen molar-refractivity contribution in [3.05, 3.63) is 87.2 Å². The highest BCUT2D eigenvalue weighted by molar-refractivity contribution is 7.99. The molecule has 0 unspecified atom stereocenters. The molecular formula is C25H20Cl2FN3OS. The van der Waals surface area contributed by atoms with Crippen LogP contribution in [0.3, 0.4) is 0 Å². The molecule has 168 valence electrons. The summed E-state index contributed by atoms with van der Waals surface area (Å²) in [4.78, 5) is 19.4. The summed E-state index contributed by atoms with van der Waals surface area (Å²) in [5, 5.41) is 2.93. The molecule has 2 heterocycles. The standard InChI is InChI=1S/C25H20Cl2FN3OS/c26-16-5-7-18(20(27)13-16)24-19-8-6-17(28)14-23(19)33-22-9-4-15(12-21(22)29-24)25(32)30-31-10-2-1-3-11-31/h4-9,12-14H,1-3,10-11H2,(H,30,32). The largest absolute Gasteiger partial charge is 0.285 e. The van der Waals surface area contributed by atoms with Gasteiger partial charge in [-0.25, -0.2) is 14.4 Å². The number of hydrazine groups is 1. The number of fused-ring (bicyclic) bond motifs is 2. The molecule has 3 aromatic carbocycles. The maximum Gasteiger partial charge on any atom is 0.265 e. The van der Waals surface area contributed by atoms with Crippen molar-refractivity contribution in [2.45, 2.75) is 29.1 Å². The van der Waals surface area contributed by atoms with Crippen molar-refractivity contribution in [1.29, 1.82) is 0 Å². The maximum atomic E-state index is 14.1. The summed E-state index contributed by atoms with van der Waals surface area (Å²) < 4.78 is 14.1. The summed E-state index contributed by atoms with van der Waals surface area (Å²) in [6, 6.07) is 15.2. The second-order valence-electron chi connectivity index (χ2n) is 8.00. The molecule has 0 spiro atoms. The van der Waals surface area contributed by atoms with Crippen molar-refractivity contribution in [3.63, 3.8) is 0 Å². The fourth-order valence-corrected chi connectivity index (χ4v) is 5.53. The summed E-state index contributed by atoms with van der Waals surface area (Å²) in [7, 11) is 0. The maximum absolute atomic E-state index is 14.1. The number of rotatable bonds is 3. The van der Waals surface area contributed by atoms with Crippen LogP contribution < -0.4 is 5.43 Å². The van der Waals surface area contributed by atoms with Crippen molar-refractivity contribution in [2.75, 3.05) is 13.1 Å². The van der Waals surface area contributed by atoms with Crippen LogP contribution in [-0.2, 0) is 0 Å². The van der Waals surface area contributed by atoms with Gasteiger partial charge >= 0.3 is 0 Å². The summed E-state index contributed by atoms with van der Waals surface area (Å²) in [5.41, 5.74) is 6.19. The van der Waals surface area contributed by atoms with Crippen LogP contribution in [0.15, 0.2) is 69.4 Å². The molecule has 1 saturated heterocycles. The number of carbonyl (C=O) groups excluding carboxylic acids is 1.